The first-order valence-electron chi connectivity index (χ1n) is 18.7. The highest BCUT2D eigenvalue weighted by molar-refractivity contribution is 7.19. The number of hydrogen-bond donors (Lipinski definition) is 5. The lowest BCUT2D eigenvalue weighted by Gasteiger charge is -2.21. The summed E-state index contributed by atoms with van der Waals surface area (Å²) in [5.41, 5.74) is 3.69. The molecule has 0 saturated carbocycles. The van der Waals surface area contributed by atoms with Crippen LogP contribution >= 0.6 is 22.7 Å². The molecule has 5 N–H and O–H groups in total. The number of methoxy groups -OCH3 is 2. The fraction of sp³-hybridized carbons (Fsp3) is 0.316. The van der Waals surface area contributed by atoms with E-state index in [1.54, 1.807) is 65.4 Å². The second-order valence-corrected chi connectivity index (χ2v) is 16.0. The Morgan fingerprint density at radius 1 is 0.763 bits per heavy atom. The molecule has 0 fully saturated rings. The molecule has 0 bridgehead atoms. The minimum absolute atomic E-state index is 0.00960. The van der Waals surface area contributed by atoms with Crippen molar-refractivity contribution in [2.24, 2.45) is 11.8 Å². The lowest BCUT2D eigenvalue weighted by Crippen LogP contribution is -2.35. The maximum Gasteiger partial charge on any atom is 0.306 e. The molecule has 8 aromatic heterocycles. The van der Waals surface area contributed by atoms with Crippen molar-refractivity contribution in [1.82, 2.24) is 54.4 Å². The van der Waals surface area contributed by atoms with E-state index in [0.29, 0.717) is 71.7 Å². The zero-order chi connectivity index (χ0) is 40.6. The molecule has 1 amide bonds. The van der Waals surface area contributed by atoms with Gasteiger partial charge in [-0.2, -0.15) is 10.2 Å². The fourth-order valence-corrected chi connectivity index (χ4v) is 10.1. The van der Waals surface area contributed by atoms with Crippen molar-refractivity contribution in [3.05, 3.63) is 70.5 Å². The van der Waals surface area contributed by atoms with Crippen LogP contribution < -0.4 is 25.4 Å². The van der Waals surface area contributed by atoms with Gasteiger partial charge in [0.25, 0.3) is 0 Å². The standard InChI is InChI=1S/C20H21N7O3S.C18H16N6O3S/c1-30-13-9-27-15(4-5-24-27)25-17(13)26-18-16-12-3-2-11(19(29)21-6-7-28)8-14(12)31-20(16)23-10-22-18;1-27-11-7-24-13(4-5-21-24)22-15(11)23-16-14-10-3-2-9(18(25)26)6-12(10)28-17(14)20-8-19-16/h4-5,9-11,28H,2-3,6-8H2,1H3,(H,21,29)(H,22,23,25,26);4-5,7-9H,2-3,6H2,1H3,(H,25,26)(H,19,20,22,23)/t11-;9-/m00/s1. The molecule has 2 aliphatic rings. The van der Waals surface area contributed by atoms with Crippen molar-refractivity contribution < 1.29 is 29.3 Å². The third kappa shape index (κ3) is 7.27. The van der Waals surface area contributed by atoms with Crippen LogP contribution in [0.5, 0.6) is 11.5 Å². The summed E-state index contributed by atoms with van der Waals surface area (Å²) in [6, 6.07) is 3.62. The summed E-state index contributed by atoms with van der Waals surface area (Å²) in [6.07, 6.45) is 13.9. The van der Waals surface area contributed by atoms with E-state index in [0.717, 1.165) is 48.6 Å². The van der Waals surface area contributed by atoms with Crippen LogP contribution in [0, 0.1) is 11.8 Å². The summed E-state index contributed by atoms with van der Waals surface area (Å²) >= 11 is 3.14. The number of carbonyl (C=O) groups excluding carboxylic acids is 1. The number of ether oxygens (including phenoxy) is 2. The summed E-state index contributed by atoms with van der Waals surface area (Å²) in [7, 11) is 3.16. The summed E-state index contributed by atoms with van der Waals surface area (Å²) in [5, 5.41) is 37.9. The molecule has 302 valence electrons. The smallest absolute Gasteiger partial charge is 0.306 e. The third-order valence-corrected chi connectivity index (χ3v) is 12.8. The van der Waals surface area contributed by atoms with Gasteiger partial charge in [-0.25, -0.2) is 38.9 Å². The second kappa shape index (κ2) is 16.0. The van der Waals surface area contributed by atoms with E-state index in [2.05, 4.69) is 56.1 Å². The number of aliphatic hydroxyl groups is 1. The van der Waals surface area contributed by atoms with Gasteiger partial charge in [0.15, 0.2) is 34.4 Å². The molecule has 0 saturated heterocycles. The van der Waals surface area contributed by atoms with Gasteiger partial charge in [-0.05, 0) is 49.7 Å². The molecule has 2 atom stereocenters. The van der Waals surface area contributed by atoms with Gasteiger partial charge < -0.3 is 35.6 Å². The Kier molecular flexibility index (Phi) is 10.3. The van der Waals surface area contributed by atoms with Crippen LogP contribution in [0.1, 0.15) is 33.7 Å². The summed E-state index contributed by atoms with van der Waals surface area (Å²) < 4.78 is 14.2. The molecule has 8 aromatic rings. The Labute approximate surface area is 342 Å². The van der Waals surface area contributed by atoms with E-state index in [9.17, 15) is 14.7 Å². The quantitative estimate of drug-likeness (QED) is 0.128. The summed E-state index contributed by atoms with van der Waals surface area (Å²) in [5.74, 6) is 2.30. The van der Waals surface area contributed by atoms with E-state index in [1.807, 2.05) is 6.07 Å². The van der Waals surface area contributed by atoms with Crippen LogP contribution in [0.2, 0.25) is 0 Å². The number of carbonyl (C=O) groups is 2. The van der Waals surface area contributed by atoms with E-state index >= 15 is 0 Å². The van der Waals surface area contributed by atoms with Crippen LogP contribution in [-0.2, 0) is 35.3 Å². The average Bonchev–Trinajstić information content (AvgIpc) is 4.06. The highest BCUT2D eigenvalue weighted by Crippen LogP contribution is 2.42. The van der Waals surface area contributed by atoms with E-state index in [1.165, 1.54) is 29.6 Å². The number of aromatic nitrogens is 10. The number of hydrogen-bond acceptors (Lipinski definition) is 17. The van der Waals surface area contributed by atoms with Gasteiger partial charge in [0.1, 0.15) is 34.0 Å². The minimum atomic E-state index is -0.740. The van der Waals surface area contributed by atoms with Crippen LogP contribution in [-0.4, -0.2) is 98.6 Å². The highest BCUT2D eigenvalue weighted by atomic mass is 32.1. The predicted octanol–water partition coefficient (Wildman–Crippen LogP) is 4.38. The number of rotatable bonds is 10. The number of aliphatic carboxylic acids is 1. The number of amides is 1. The number of nitrogens with zero attached hydrogens (tertiary/aromatic N) is 10. The van der Waals surface area contributed by atoms with E-state index in [-0.39, 0.29) is 30.9 Å². The zero-order valence-corrected chi connectivity index (χ0v) is 33.4. The minimum Gasteiger partial charge on any atom is -0.491 e. The molecule has 19 nitrogen and oxygen atoms in total. The number of carboxylic acids is 1. The number of aliphatic hydroxyl groups excluding tert-OH is 1. The van der Waals surface area contributed by atoms with Crippen LogP contribution in [0.3, 0.4) is 0 Å². The van der Waals surface area contributed by atoms with Gasteiger partial charge in [-0.15, -0.1) is 22.7 Å². The largest absolute Gasteiger partial charge is 0.491 e. The maximum absolute atomic E-state index is 12.4. The summed E-state index contributed by atoms with van der Waals surface area (Å²) in [6.45, 7) is 0.227. The van der Waals surface area contributed by atoms with Gasteiger partial charge >= 0.3 is 5.97 Å². The first-order valence-corrected chi connectivity index (χ1v) is 20.4. The Balaban J connectivity index is 0.000000153. The zero-order valence-electron chi connectivity index (χ0n) is 31.7. The molecule has 2 aliphatic carbocycles. The number of thiophene rings is 2. The number of carboxylic acid groups (broad SMARTS) is 1. The first-order chi connectivity index (χ1) is 28.8. The van der Waals surface area contributed by atoms with Gasteiger partial charge in [0, 0.05) is 34.3 Å². The molecule has 0 unspecified atom stereocenters. The SMILES string of the molecule is COc1cn2nccc2nc1Nc1ncnc2sc3c(c12)CC[C@H](C(=O)NCCO)C3.COc1cn2nccc2nc1Nc1ncnc2sc3c(c12)CC[C@H](C(=O)O)C3. The number of aryl methyl sites for hydroxylation is 2. The normalized spacial score (nSPS) is 16.0. The Hall–Kier alpha value is -6.58. The van der Waals surface area contributed by atoms with E-state index in [4.69, 9.17) is 14.6 Å². The molecular weight excluding hydrogens is 799 g/mol. The Bertz CT molecular complexity index is 2870. The topological polar surface area (TPSA) is 241 Å². The molecule has 0 spiro atoms. The number of fused-ring (bicyclic) bond motifs is 8. The van der Waals surface area contributed by atoms with E-state index < -0.39 is 5.97 Å². The average molecular weight is 836 g/mol. The van der Waals surface area contributed by atoms with Crippen LogP contribution in [0.15, 0.2) is 49.6 Å². The molecule has 0 aromatic carbocycles. The predicted molar refractivity (Wildman–Crippen MR) is 219 cm³/mol. The Morgan fingerprint density at radius 2 is 1.27 bits per heavy atom. The van der Waals surface area contributed by atoms with Gasteiger partial charge in [0.05, 0.1) is 62.3 Å². The number of anilines is 4. The molecule has 8 heterocycles. The van der Waals surface area contributed by atoms with Gasteiger partial charge in [-0.3, -0.25) is 9.59 Å². The summed E-state index contributed by atoms with van der Waals surface area (Å²) in [4.78, 5) is 54.6. The van der Waals surface area contributed by atoms with Crippen LogP contribution in [0.25, 0.3) is 31.7 Å². The van der Waals surface area contributed by atoms with Crippen molar-refractivity contribution in [3.63, 3.8) is 0 Å². The second-order valence-electron chi connectivity index (χ2n) is 13.9. The molecule has 10 rings (SSSR count). The molecular formula is C38H37N13O6S2. The van der Waals surface area contributed by atoms with Crippen molar-refractivity contribution in [3.8, 4) is 11.5 Å². The van der Waals surface area contributed by atoms with Crippen molar-refractivity contribution in [2.75, 3.05) is 38.0 Å². The highest BCUT2D eigenvalue weighted by Gasteiger charge is 2.31. The van der Waals surface area contributed by atoms with Crippen molar-refractivity contribution >= 4 is 89.5 Å². The lowest BCUT2D eigenvalue weighted by atomic mass is 9.87. The third-order valence-electron chi connectivity index (χ3n) is 10.4. The molecule has 21 heteroatoms. The van der Waals surface area contributed by atoms with Crippen molar-refractivity contribution in [2.45, 2.75) is 38.5 Å². The molecule has 59 heavy (non-hydrogen) atoms. The maximum atomic E-state index is 12.4. The van der Waals surface area contributed by atoms with Gasteiger partial charge in [0.2, 0.25) is 5.91 Å². The van der Waals surface area contributed by atoms with Crippen LogP contribution in [0.4, 0.5) is 23.3 Å². The fourth-order valence-electron chi connectivity index (χ4n) is 7.54. The monoisotopic (exact) mass is 835 g/mol. The molecule has 0 aliphatic heterocycles. The Morgan fingerprint density at radius 3 is 1.76 bits per heavy atom. The molecule has 0 radical (unpaired) electrons. The van der Waals surface area contributed by atoms with Crippen molar-refractivity contribution in [1.29, 1.82) is 0 Å². The lowest BCUT2D eigenvalue weighted by molar-refractivity contribution is -0.142. The first kappa shape index (κ1) is 38.0. The van der Waals surface area contributed by atoms with Gasteiger partial charge in [-0.1, -0.05) is 0 Å². The number of nitrogens with one attached hydrogen (secondary N) is 3.